The van der Waals surface area contributed by atoms with E-state index in [1.807, 2.05) is 74.5 Å². The van der Waals surface area contributed by atoms with Gasteiger partial charge in [0.15, 0.2) is 0 Å². The number of aryl methyl sites for hydroxylation is 2. The van der Waals surface area contributed by atoms with Crippen LogP contribution in [0, 0.1) is 11.8 Å². The zero-order valence-corrected chi connectivity index (χ0v) is 36.3. The Kier molecular flexibility index (Phi) is 26.6. The first-order chi connectivity index (χ1) is 28.5. The van der Waals surface area contributed by atoms with Crippen LogP contribution in [0.5, 0.6) is 23.0 Å². The van der Waals surface area contributed by atoms with Gasteiger partial charge in [-0.15, -0.1) is 0 Å². The second-order valence-corrected chi connectivity index (χ2v) is 14.0. The number of carbonyl (C=O) groups is 2. The number of unbranched alkanes of at least 4 members (excludes halogenated alkanes) is 8. The number of carboxylic acid groups (broad SMARTS) is 2. The summed E-state index contributed by atoms with van der Waals surface area (Å²) in [5.74, 6) is 1.43. The van der Waals surface area contributed by atoms with Crippen molar-refractivity contribution in [1.82, 2.24) is 0 Å². The monoisotopic (exact) mass is 862 g/mol. The molecule has 0 heterocycles. The molecule has 0 saturated heterocycles. The number of aromatic hydroxyl groups is 2. The molecule has 10 nitrogen and oxygen atoms in total. The van der Waals surface area contributed by atoms with Crippen LogP contribution in [-0.2, 0) is 29.3 Å². The number of nitrogens with zero attached hydrogens (tertiary/aromatic N) is 2. The molecular weight excluding hydrogens is 803 g/mol. The molecule has 0 aliphatic rings. The Morgan fingerprint density at radius 2 is 1.00 bits per heavy atom. The summed E-state index contributed by atoms with van der Waals surface area (Å²) in [6.07, 6.45) is 14.5. The molecular formula is C49H60N2NiO8. The predicted octanol–water partition coefficient (Wildman–Crippen LogP) is 11.1. The smallest absolute Gasteiger partial charge is 0.869 e. The number of benzene rings is 4. The third kappa shape index (κ3) is 19.0. The summed E-state index contributed by atoms with van der Waals surface area (Å²) < 4.78 is 0. The molecule has 0 aliphatic carbocycles. The summed E-state index contributed by atoms with van der Waals surface area (Å²) >= 11 is 0. The van der Waals surface area contributed by atoms with Crippen LogP contribution in [0.25, 0.3) is 0 Å². The van der Waals surface area contributed by atoms with Crippen LogP contribution in [0.1, 0.15) is 143 Å². The molecule has 0 saturated carbocycles. The number of rotatable bonds is 19. The maximum absolute atomic E-state index is 11.4. The number of aliphatic imine (C=N–C) groups is 2. The van der Waals surface area contributed by atoms with Gasteiger partial charge in [-0.3, -0.25) is 4.99 Å². The molecule has 0 fully saturated rings. The zero-order chi connectivity index (χ0) is 43.4. The van der Waals surface area contributed by atoms with Gasteiger partial charge in [-0.1, -0.05) is 139 Å². The number of hydrogen-bond acceptors (Lipinski definition) is 8. The summed E-state index contributed by atoms with van der Waals surface area (Å²) in [5.41, 5.74) is 4.09. The number of carboxylic acids is 2. The van der Waals surface area contributed by atoms with E-state index in [0.717, 1.165) is 87.0 Å². The zero-order valence-electron chi connectivity index (χ0n) is 35.3. The maximum atomic E-state index is 11.4. The van der Waals surface area contributed by atoms with Gasteiger partial charge in [-0.25, -0.2) is 14.6 Å². The quantitative estimate of drug-likeness (QED) is 0.0310. The van der Waals surface area contributed by atoms with Gasteiger partial charge < -0.3 is 30.6 Å². The molecule has 4 rings (SSSR count). The van der Waals surface area contributed by atoms with Crippen molar-refractivity contribution in [2.24, 2.45) is 9.98 Å². The van der Waals surface area contributed by atoms with Crippen LogP contribution >= 0.6 is 0 Å². The molecule has 0 radical (unpaired) electrons. The predicted molar refractivity (Wildman–Crippen MR) is 234 cm³/mol. The van der Waals surface area contributed by atoms with Gasteiger partial charge in [0.05, 0.1) is 28.2 Å². The number of para-hydroxylation sites is 2. The fourth-order valence-electron chi connectivity index (χ4n) is 5.91. The molecule has 0 spiro atoms. The molecule has 60 heavy (non-hydrogen) atoms. The van der Waals surface area contributed by atoms with Crippen molar-refractivity contribution in [1.29, 1.82) is 0 Å². The van der Waals surface area contributed by atoms with Crippen LogP contribution in [0.15, 0.2) is 94.9 Å². The number of hydrogen-bond donors (Lipinski definition) is 4. The average molecular weight is 864 g/mol. The van der Waals surface area contributed by atoms with Crippen LogP contribution in [0.3, 0.4) is 0 Å². The first-order valence-corrected chi connectivity index (χ1v) is 20.7. The van der Waals surface area contributed by atoms with Crippen molar-refractivity contribution in [2.45, 2.75) is 124 Å². The van der Waals surface area contributed by atoms with E-state index in [2.05, 4.69) is 25.7 Å². The van der Waals surface area contributed by atoms with Gasteiger partial charge in [0.2, 0.25) is 0 Å². The third-order valence-corrected chi connectivity index (χ3v) is 9.11. The van der Waals surface area contributed by atoms with E-state index in [1.54, 1.807) is 0 Å². The van der Waals surface area contributed by atoms with Crippen LogP contribution in [0.4, 0.5) is 11.4 Å². The second-order valence-electron chi connectivity index (χ2n) is 14.0. The van der Waals surface area contributed by atoms with E-state index in [1.165, 1.54) is 43.5 Å². The molecule has 4 N–H and O–H groups in total. The largest absolute Gasteiger partial charge is 2.00 e. The van der Waals surface area contributed by atoms with E-state index in [0.29, 0.717) is 24.0 Å². The molecule has 0 aromatic heterocycles. The summed E-state index contributed by atoms with van der Waals surface area (Å²) in [6, 6.07) is 25.7. The average Bonchev–Trinajstić information content (AvgIpc) is 3.22. The van der Waals surface area contributed by atoms with Crippen molar-refractivity contribution in [3.8, 4) is 34.8 Å². The molecule has 4 aromatic carbocycles. The number of aromatic carboxylic acids is 2. The minimum absolute atomic E-state index is 0. The van der Waals surface area contributed by atoms with Gasteiger partial charge in [0, 0.05) is 6.42 Å². The Labute approximate surface area is 366 Å². The Morgan fingerprint density at radius 3 is 1.42 bits per heavy atom. The van der Waals surface area contributed by atoms with Crippen molar-refractivity contribution in [2.75, 3.05) is 0 Å². The Morgan fingerprint density at radius 1 is 0.567 bits per heavy atom. The van der Waals surface area contributed by atoms with Crippen molar-refractivity contribution >= 4 is 34.7 Å². The summed E-state index contributed by atoms with van der Waals surface area (Å²) in [6.45, 7) is 8.48. The van der Waals surface area contributed by atoms with Gasteiger partial charge in [0.1, 0.15) is 17.2 Å². The molecule has 0 amide bonds. The standard InChI is InChI=1S/C25H30N2.2C12H16O4.Ni/c1-3-5-7-15-21-25(27-23-18-13-9-14-19-23)24(20-10-6-4-2)26-22-16-11-8-12-17-22;2*1-2-3-4-5-8-6-7-9(13)11(14)10(8)12(15)16;/h8-9,11-14,16-19H,3-7,15,21H2,1-2H3;2*6-7,13-14H,2-5H2,1H3,(H,15,16);/q;;;+2/p-2. The topological polar surface area (TPSA) is 186 Å². The van der Waals surface area contributed by atoms with E-state index in [-0.39, 0.29) is 27.6 Å². The van der Waals surface area contributed by atoms with Gasteiger partial charge in [-0.2, -0.15) is 0 Å². The van der Waals surface area contributed by atoms with Crippen LogP contribution < -0.4 is 10.2 Å². The minimum Gasteiger partial charge on any atom is -0.869 e. The third-order valence-electron chi connectivity index (χ3n) is 9.11. The van der Waals surface area contributed by atoms with E-state index < -0.39 is 34.9 Å². The molecule has 4 aromatic rings. The Balaban J connectivity index is 0.000000473. The first kappa shape index (κ1) is 52.4. The molecule has 324 valence electrons. The van der Waals surface area contributed by atoms with Crippen molar-refractivity contribution in [3.05, 3.63) is 107 Å². The van der Waals surface area contributed by atoms with Crippen molar-refractivity contribution < 1.29 is 56.7 Å². The molecule has 0 aliphatic heterocycles. The Hall–Kier alpha value is -5.59. The molecule has 11 heteroatoms. The second kappa shape index (κ2) is 30.5. The Bertz CT molecular complexity index is 1930. The fraction of sp³-hybridized carbons (Fsp3) is 0.388. The number of phenolic OH excluding ortho intramolecular Hbond substituents is 2. The van der Waals surface area contributed by atoms with Crippen LogP contribution in [0.2, 0.25) is 0 Å². The van der Waals surface area contributed by atoms with E-state index in [9.17, 15) is 19.8 Å². The van der Waals surface area contributed by atoms with E-state index in [4.69, 9.17) is 30.4 Å². The maximum Gasteiger partial charge on any atom is 2.00 e. The molecule has 0 unspecified atom stereocenters. The van der Waals surface area contributed by atoms with Gasteiger partial charge in [0.25, 0.3) is 0 Å². The summed E-state index contributed by atoms with van der Waals surface area (Å²) in [4.78, 5) is 31.6. The SMILES string of the molecule is CCCC#CC(=Nc1ccccc1)C(CCCCCC)=Nc1ccccc1.CCCCCc1ccc(O)c([O-])c1C(=O)O.CCCCCc1ccc(O)c([O-])c1C(=O)O.[Ni+2]. The summed E-state index contributed by atoms with van der Waals surface area (Å²) in [5, 5.41) is 59.0. The van der Waals surface area contributed by atoms with Gasteiger partial charge in [-0.05, 0) is 98.4 Å². The van der Waals surface area contributed by atoms with Gasteiger partial charge >= 0.3 is 28.4 Å². The minimum atomic E-state index is -1.27. The molecule has 0 atom stereocenters. The normalized spacial score (nSPS) is 10.8. The fourth-order valence-corrected chi connectivity index (χ4v) is 5.91. The summed E-state index contributed by atoms with van der Waals surface area (Å²) in [7, 11) is 0. The molecule has 0 bridgehead atoms. The van der Waals surface area contributed by atoms with Crippen LogP contribution in [-0.4, -0.2) is 43.8 Å². The first-order valence-electron chi connectivity index (χ1n) is 20.7. The number of phenols is 2. The van der Waals surface area contributed by atoms with Crippen molar-refractivity contribution in [3.63, 3.8) is 0 Å². The van der Waals surface area contributed by atoms with E-state index >= 15 is 0 Å².